The van der Waals surface area contributed by atoms with E-state index in [1.54, 1.807) is 4.90 Å². The van der Waals surface area contributed by atoms with Crippen LogP contribution in [0.1, 0.15) is 37.0 Å². The van der Waals surface area contributed by atoms with Gasteiger partial charge in [-0.3, -0.25) is 9.59 Å². The second-order valence-electron chi connectivity index (χ2n) is 8.60. The molecule has 6 heteroatoms. The molecule has 0 N–H and O–H groups in total. The molecule has 0 saturated heterocycles. The van der Waals surface area contributed by atoms with Crippen LogP contribution in [0.5, 0.6) is 11.5 Å². The summed E-state index contributed by atoms with van der Waals surface area (Å²) < 4.78 is 11.6. The third-order valence-electron chi connectivity index (χ3n) is 6.06. The van der Waals surface area contributed by atoms with E-state index in [0.717, 1.165) is 35.7 Å². The van der Waals surface area contributed by atoms with Crippen molar-refractivity contribution in [2.75, 3.05) is 36.1 Å². The van der Waals surface area contributed by atoms with Crippen LogP contribution < -0.4 is 19.3 Å². The van der Waals surface area contributed by atoms with E-state index in [1.165, 1.54) is 0 Å². The predicted octanol–water partition coefficient (Wildman–Crippen LogP) is 5.57. The van der Waals surface area contributed by atoms with Crippen LogP contribution in [0.2, 0.25) is 0 Å². The SMILES string of the molecule is CCOc1ccccc1OCCCCN1C(=O)C(C)CN(C(=O)c2ccccc2)c2ccccc21. The quantitative estimate of drug-likeness (QED) is 0.382. The number of anilines is 2. The second kappa shape index (κ2) is 11.6. The molecule has 0 aliphatic carbocycles. The van der Waals surface area contributed by atoms with E-state index in [4.69, 9.17) is 9.47 Å². The molecule has 0 aromatic heterocycles. The topological polar surface area (TPSA) is 59.1 Å². The minimum absolute atomic E-state index is 0.0309. The number of rotatable bonds is 9. The fraction of sp³-hybridized carbons (Fsp3) is 0.310. The van der Waals surface area contributed by atoms with E-state index >= 15 is 0 Å². The summed E-state index contributed by atoms with van der Waals surface area (Å²) in [7, 11) is 0. The number of nitrogens with zero attached hydrogens (tertiary/aromatic N) is 2. The molecule has 3 aromatic rings. The van der Waals surface area contributed by atoms with Gasteiger partial charge in [0.05, 0.1) is 30.5 Å². The third kappa shape index (κ3) is 5.65. The van der Waals surface area contributed by atoms with Crippen LogP contribution in [0.3, 0.4) is 0 Å². The standard InChI is InChI=1S/C29H32N2O4/c1-3-34-26-17-9-10-18-27(26)35-20-12-11-19-30-24-15-7-8-16-25(24)31(21-22(2)28(30)32)29(33)23-13-5-4-6-14-23/h4-10,13-18,22H,3,11-12,19-21H2,1-2H3. The van der Waals surface area contributed by atoms with Crippen molar-refractivity contribution in [3.05, 3.63) is 84.4 Å². The maximum Gasteiger partial charge on any atom is 0.258 e. The van der Waals surface area contributed by atoms with Gasteiger partial charge in [-0.1, -0.05) is 49.4 Å². The Kier molecular flexibility index (Phi) is 8.03. The molecule has 1 unspecified atom stereocenters. The van der Waals surface area contributed by atoms with E-state index in [2.05, 4.69) is 0 Å². The van der Waals surface area contributed by atoms with Crippen molar-refractivity contribution in [3.8, 4) is 11.5 Å². The van der Waals surface area contributed by atoms with E-state index < -0.39 is 0 Å². The fourth-order valence-corrected chi connectivity index (χ4v) is 4.31. The van der Waals surface area contributed by atoms with Crippen molar-refractivity contribution in [2.45, 2.75) is 26.7 Å². The van der Waals surface area contributed by atoms with Crippen LogP contribution in [0, 0.1) is 5.92 Å². The molecule has 3 aromatic carbocycles. The van der Waals surface area contributed by atoms with E-state index in [9.17, 15) is 9.59 Å². The number of carbonyl (C=O) groups excluding carboxylic acids is 2. The lowest BCUT2D eigenvalue weighted by atomic mass is 10.1. The summed E-state index contributed by atoms with van der Waals surface area (Å²) in [6, 6.07) is 24.5. The summed E-state index contributed by atoms with van der Waals surface area (Å²) in [5.41, 5.74) is 2.15. The van der Waals surface area contributed by atoms with Crippen molar-refractivity contribution in [1.29, 1.82) is 0 Å². The molecular formula is C29H32N2O4. The molecule has 182 valence electrons. The van der Waals surface area contributed by atoms with Gasteiger partial charge in [-0.15, -0.1) is 0 Å². The average Bonchev–Trinajstić information content (AvgIpc) is 3.00. The molecule has 2 amide bonds. The lowest BCUT2D eigenvalue weighted by molar-refractivity contribution is -0.121. The van der Waals surface area contributed by atoms with Gasteiger partial charge >= 0.3 is 0 Å². The van der Waals surface area contributed by atoms with Gasteiger partial charge in [-0.2, -0.15) is 0 Å². The second-order valence-corrected chi connectivity index (χ2v) is 8.60. The van der Waals surface area contributed by atoms with Crippen LogP contribution >= 0.6 is 0 Å². The molecule has 35 heavy (non-hydrogen) atoms. The molecule has 1 heterocycles. The highest BCUT2D eigenvalue weighted by molar-refractivity contribution is 6.11. The first-order valence-electron chi connectivity index (χ1n) is 12.2. The van der Waals surface area contributed by atoms with Gasteiger partial charge < -0.3 is 19.3 Å². The number of benzene rings is 3. The summed E-state index contributed by atoms with van der Waals surface area (Å²) in [6.45, 7) is 5.85. The molecule has 1 atom stereocenters. The summed E-state index contributed by atoms with van der Waals surface area (Å²) in [5, 5.41) is 0. The number of amides is 2. The zero-order valence-corrected chi connectivity index (χ0v) is 20.4. The molecule has 1 aliphatic heterocycles. The van der Waals surface area contributed by atoms with Gasteiger partial charge in [0.25, 0.3) is 5.91 Å². The van der Waals surface area contributed by atoms with Crippen molar-refractivity contribution < 1.29 is 19.1 Å². The summed E-state index contributed by atoms with van der Waals surface area (Å²) in [6.07, 6.45) is 1.56. The molecule has 6 nitrogen and oxygen atoms in total. The zero-order valence-electron chi connectivity index (χ0n) is 20.4. The van der Waals surface area contributed by atoms with Crippen LogP contribution in [0.25, 0.3) is 0 Å². The lowest BCUT2D eigenvalue weighted by Gasteiger charge is -2.25. The normalized spacial score (nSPS) is 15.4. The highest BCUT2D eigenvalue weighted by Gasteiger charge is 2.33. The Bertz CT molecular complexity index is 1150. The monoisotopic (exact) mass is 472 g/mol. The molecule has 0 spiro atoms. The van der Waals surface area contributed by atoms with Gasteiger partial charge in [-0.25, -0.2) is 0 Å². The molecule has 1 aliphatic rings. The highest BCUT2D eigenvalue weighted by Crippen LogP contribution is 2.35. The third-order valence-corrected chi connectivity index (χ3v) is 6.06. The fourth-order valence-electron chi connectivity index (χ4n) is 4.31. The smallest absolute Gasteiger partial charge is 0.258 e. The van der Waals surface area contributed by atoms with Crippen LogP contribution in [-0.2, 0) is 4.79 Å². The minimum atomic E-state index is -0.315. The van der Waals surface area contributed by atoms with Gasteiger partial charge in [0.2, 0.25) is 5.91 Å². The molecular weight excluding hydrogens is 440 g/mol. The van der Waals surface area contributed by atoms with Crippen molar-refractivity contribution in [1.82, 2.24) is 0 Å². The summed E-state index contributed by atoms with van der Waals surface area (Å²) in [5.74, 6) is 1.09. The largest absolute Gasteiger partial charge is 0.490 e. The summed E-state index contributed by atoms with van der Waals surface area (Å²) >= 11 is 0. The van der Waals surface area contributed by atoms with Crippen molar-refractivity contribution in [2.24, 2.45) is 5.92 Å². The minimum Gasteiger partial charge on any atom is -0.490 e. The maximum atomic E-state index is 13.4. The van der Waals surface area contributed by atoms with Gasteiger partial charge in [0.15, 0.2) is 11.5 Å². The number of hydrogen-bond donors (Lipinski definition) is 0. The van der Waals surface area contributed by atoms with Crippen molar-refractivity contribution >= 4 is 23.2 Å². The Labute approximate surface area is 207 Å². The van der Waals surface area contributed by atoms with Gasteiger partial charge in [0.1, 0.15) is 0 Å². The Morgan fingerprint density at radius 3 is 2.20 bits per heavy atom. The first kappa shape index (κ1) is 24.3. The van der Waals surface area contributed by atoms with Crippen LogP contribution in [-0.4, -0.2) is 38.1 Å². The predicted molar refractivity (Wildman–Crippen MR) is 138 cm³/mol. The molecule has 4 rings (SSSR count). The Morgan fingerprint density at radius 1 is 0.857 bits per heavy atom. The maximum absolute atomic E-state index is 13.4. The number of para-hydroxylation sites is 4. The van der Waals surface area contributed by atoms with Crippen LogP contribution in [0.15, 0.2) is 78.9 Å². The zero-order chi connectivity index (χ0) is 24.6. The number of unbranched alkanes of at least 4 members (excludes halogenated alkanes) is 1. The van der Waals surface area contributed by atoms with Crippen molar-refractivity contribution in [3.63, 3.8) is 0 Å². The molecule has 0 radical (unpaired) electrons. The molecule has 0 bridgehead atoms. The van der Waals surface area contributed by atoms with Gasteiger partial charge in [-0.05, 0) is 56.2 Å². The van der Waals surface area contributed by atoms with Gasteiger partial charge in [0, 0.05) is 18.7 Å². The average molecular weight is 473 g/mol. The Balaban J connectivity index is 1.45. The van der Waals surface area contributed by atoms with E-state index in [0.29, 0.717) is 31.9 Å². The highest BCUT2D eigenvalue weighted by atomic mass is 16.5. The number of ether oxygens (including phenoxy) is 2. The first-order chi connectivity index (χ1) is 17.1. The first-order valence-corrected chi connectivity index (χ1v) is 12.2. The number of carbonyl (C=O) groups is 2. The molecule has 0 saturated carbocycles. The number of hydrogen-bond acceptors (Lipinski definition) is 4. The summed E-state index contributed by atoms with van der Waals surface area (Å²) in [4.78, 5) is 30.3. The number of fused-ring (bicyclic) bond motifs is 1. The Hall–Kier alpha value is -3.80. The molecule has 0 fully saturated rings. The van der Waals surface area contributed by atoms with Crippen LogP contribution in [0.4, 0.5) is 11.4 Å². The van der Waals surface area contributed by atoms with E-state index in [1.807, 2.05) is 97.6 Å². The van der Waals surface area contributed by atoms with E-state index in [-0.39, 0.29) is 17.7 Å². The lowest BCUT2D eigenvalue weighted by Crippen LogP contribution is -2.38. The Morgan fingerprint density at radius 2 is 1.49 bits per heavy atom.